The standard InChI is InChI=1S/C17H19Cl2NO2/c1-4-6-15(21)20-10-11(9-12(20)5-2)16-14(22-3)8-7-13(18)17(16)19/h4-5,7-8,11-12H,1-2,6,9-10H2,3H3/t11-,12+/m0/s1. The molecule has 0 N–H and O–H groups in total. The van der Waals surface area contributed by atoms with Crippen LogP contribution in [0, 0.1) is 0 Å². The van der Waals surface area contributed by atoms with Gasteiger partial charge in [-0.15, -0.1) is 13.2 Å². The van der Waals surface area contributed by atoms with Crippen molar-refractivity contribution >= 4 is 29.1 Å². The summed E-state index contributed by atoms with van der Waals surface area (Å²) in [7, 11) is 1.60. The summed E-state index contributed by atoms with van der Waals surface area (Å²) in [4.78, 5) is 14.0. The predicted octanol–water partition coefficient (Wildman–Crippen LogP) is 4.45. The van der Waals surface area contributed by atoms with Crippen LogP contribution in [0.15, 0.2) is 37.4 Å². The molecule has 1 heterocycles. The monoisotopic (exact) mass is 339 g/mol. The van der Waals surface area contributed by atoms with Gasteiger partial charge in [0.05, 0.1) is 23.2 Å². The van der Waals surface area contributed by atoms with Crippen molar-refractivity contribution in [2.45, 2.75) is 24.8 Å². The van der Waals surface area contributed by atoms with Crippen molar-refractivity contribution in [1.82, 2.24) is 4.90 Å². The van der Waals surface area contributed by atoms with Crippen LogP contribution in [0.2, 0.25) is 10.0 Å². The van der Waals surface area contributed by atoms with Gasteiger partial charge >= 0.3 is 0 Å². The van der Waals surface area contributed by atoms with Gasteiger partial charge in [-0.2, -0.15) is 0 Å². The molecule has 2 rings (SSSR count). The lowest BCUT2D eigenvalue weighted by molar-refractivity contribution is -0.130. The number of amides is 1. The maximum atomic E-state index is 12.2. The van der Waals surface area contributed by atoms with Crippen molar-refractivity contribution in [3.05, 3.63) is 53.1 Å². The number of halogens is 2. The number of hydrogen-bond donors (Lipinski definition) is 0. The molecule has 1 aromatic carbocycles. The van der Waals surface area contributed by atoms with Crippen molar-refractivity contribution in [1.29, 1.82) is 0 Å². The van der Waals surface area contributed by atoms with Crippen molar-refractivity contribution in [3.8, 4) is 5.75 Å². The Morgan fingerprint density at radius 2 is 2.18 bits per heavy atom. The number of hydrogen-bond acceptors (Lipinski definition) is 2. The number of methoxy groups -OCH3 is 1. The van der Waals surface area contributed by atoms with E-state index in [1.807, 2.05) is 4.90 Å². The minimum Gasteiger partial charge on any atom is -0.496 e. The summed E-state index contributed by atoms with van der Waals surface area (Å²) in [5.74, 6) is 0.803. The second kappa shape index (κ2) is 7.21. The lowest BCUT2D eigenvalue weighted by Gasteiger charge is -2.21. The molecule has 1 fully saturated rings. The Bertz CT molecular complexity index is 601. The Balaban J connectivity index is 2.35. The Labute approximate surface area is 141 Å². The first kappa shape index (κ1) is 16.9. The summed E-state index contributed by atoms with van der Waals surface area (Å²) in [6.45, 7) is 8.03. The van der Waals surface area contributed by atoms with Crippen LogP contribution < -0.4 is 4.74 Å². The van der Waals surface area contributed by atoms with Gasteiger partial charge < -0.3 is 9.64 Å². The third-order valence-corrected chi connectivity index (χ3v) is 4.79. The highest BCUT2D eigenvalue weighted by molar-refractivity contribution is 6.42. The smallest absolute Gasteiger partial charge is 0.226 e. The van der Waals surface area contributed by atoms with Gasteiger partial charge in [-0.25, -0.2) is 0 Å². The van der Waals surface area contributed by atoms with Crippen LogP contribution in [0.3, 0.4) is 0 Å². The third kappa shape index (κ3) is 3.16. The van der Waals surface area contributed by atoms with E-state index < -0.39 is 0 Å². The molecule has 22 heavy (non-hydrogen) atoms. The van der Waals surface area contributed by atoms with Crippen LogP contribution in [0.5, 0.6) is 5.75 Å². The highest BCUT2D eigenvalue weighted by Gasteiger charge is 2.36. The van der Waals surface area contributed by atoms with Gasteiger partial charge in [0.2, 0.25) is 5.91 Å². The molecular formula is C17H19Cl2NO2. The summed E-state index contributed by atoms with van der Waals surface area (Å²) in [6.07, 6.45) is 4.48. The van der Waals surface area contributed by atoms with Crippen molar-refractivity contribution in [2.75, 3.05) is 13.7 Å². The van der Waals surface area contributed by atoms with Crippen molar-refractivity contribution in [2.24, 2.45) is 0 Å². The molecule has 3 nitrogen and oxygen atoms in total. The summed E-state index contributed by atoms with van der Waals surface area (Å²) >= 11 is 12.5. The second-order valence-electron chi connectivity index (χ2n) is 5.25. The average molecular weight is 340 g/mol. The number of rotatable bonds is 5. The molecule has 0 aliphatic carbocycles. The summed E-state index contributed by atoms with van der Waals surface area (Å²) in [5, 5.41) is 0.982. The van der Waals surface area contributed by atoms with Crippen LogP contribution in [-0.4, -0.2) is 30.5 Å². The number of ether oxygens (including phenoxy) is 1. The summed E-state index contributed by atoms with van der Waals surface area (Å²) in [5.41, 5.74) is 0.859. The molecule has 5 heteroatoms. The van der Waals surface area contributed by atoms with E-state index >= 15 is 0 Å². The molecule has 2 atom stereocenters. The zero-order valence-electron chi connectivity index (χ0n) is 12.5. The number of carbonyl (C=O) groups is 1. The van der Waals surface area contributed by atoms with Crippen LogP contribution in [0.25, 0.3) is 0 Å². The van der Waals surface area contributed by atoms with Crippen LogP contribution >= 0.6 is 23.2 Å². The first-order valence-corrected chi connectivity index (χ1v) is 7.83. The Morgan fingerprint density at radius 1 is 1.45 bits per heavy atom. The number of benzene rings is 1. The fourth-order valence-electron chi connectivity index (χ4n) is 2.93. The van der Waals surface area contributed by atoms with Gasteiger partial charge in [0, 0.05) is 24.4 Å². The zero-order chi connectivity index (χ0) is 16.3. The van der Waals surface area contributed by atoms with Gasteiger partial charge in [-0.3, -0.25) is 4.79 Å². The Hall–Kier alpha value is -1.45. The molecule has 0 spiro atoms. The van der Waals surface area contributed by atoms with Gasteiger partial charge in [-0.1, -0.05) is 35.4 Å². The SMILES string of the molecule is C=CCC(=O)N1C[C@@H](c2c(OC)ccc(Cl)c2Cl)C[C@H]1C=C. The van der Waals surface area contributed by atoms with E-state index in [1.54, 1.807) is 31.4 Å². The van der Waals surface area contributed by atoms with Crippen LogP contribution in [0.1, 0.15) is 24.3 Å². The summed E-state index contributed by atoms with van der Waals surface area (Å²) in [6, 6.07) is 3.50. The van der Waals surface area contributed by atoms with E-state index in [-0.39, 0.29) is 17.9 Å². The minimum absolute atomic E-state index is 0.0165. The molecule has 0 radical (unpaired) electrons. The van der Waals surface area contributed by atoms with E-state index in [0.29, 0.717) is 28.8 Å². The molecule has 0 bridgehead atoms. The highest BCUT2D eigenvalue weighted by atomic mass is 35.5. The van der Waals surface area contributed by atoms with E-state index in [9.17, 15) is 4.79 Å². The first-order chi connectivity index (χ1) is 10.5. The first-order valence-electron chi connectivity index (χ1n) is 7.08. The lowest BCUT2D eigenvalue weighted by Crippen LogP contribution is -2.33. The quantitative estimate of drug-likeness (QED) is 0.741. The summed E-state index contributed by atoms with van der Waals surface area (Å²) < 4.78 is 5.42. The van der Waals surface area contributed by atoms with Gasteiger partial charge in [0.25, 0.3) is 0 Å². The van der Waals surface area contributed by atoms with E-state index in [4.69, 9.17) is 27.9 Å². The van der Waals surface area contributed by atoms with Gasteiger partial charge in [0.1, 0.15) is 5.75 Å². The average Bonchev–Trinajstić information content (AvgIpc) is 2.94. The predicted molar refractivity (Wildman–Crippen MR) is 90.9 cm³/mol. The van der Waals surface area contributed by atoms with Crippen LogP contribution in [0.4, 0.5) is 0 Å². The molecular weight excluding hydrogens is 321 g/mol. The van der Waals surface area contributed by atoms with Crippen LogP contribution in [-0.2, 0) is 4.79 Å². The van der Waals surface area contributed by atoms with E-state index in [2.05, 4.69) is 13.2 Å². The fraction of sp³-hybridized carbons (Fsp3) is 0.353. The normalized spacial score (nSPS) is 20.8. The molecule has 1 aliphatic rings. The molecule has 0 aromatic heterocycles. The van der Waals surface area contributed by atoms with E-state index in [1.165, 1.54) is 0 Å². The molecule has 0 saturated carbocycles. The Kier molecular flexibility index (Phi) is 5.54. The van der Waals surface area contributed by atoms with Gasteiger partial charge in [0.15, 0.2) is 0 Å². The Morgan fingerprint density at radius 3 is 2.77 bits per heavy atom. The molecule has 1 amide bonds. The molecule has 1 saturated heterocycles. The molecule has 1 aromatic rings. The largest absolute Gasteiger partial charge is 0.496 e. The highest BCUT2D eigenvalue weighted by Crippen LogP contribution is 2.43. The minimum atomic E-state index is -0.0165. The van der Waals surface area contributed by atoms with Gasteiger partial charge in [-0.05, 0) is 18.6 Å². The number of nitrogens with zero attached hydrogens (tertiary/aromatic N) is 1. The van der Waals surface area contributed by atoms with E-state index in [0.717, 1.165) is 12.0 Å². The molecule has 118 valence electrons. The molecule has 1 aliphatic heterocycles. The number of likely N-dealkylation sites (tertiary alicyclic amines) is 1. The maximum absolute atomic E-state index is 12.2. The van der Waals surface area contributed by atoms with Crippen molar-refractivity contribution in [3.63, 3.8) is 0 Å². The molecule has 0 unspecified atom stereocenters. The topological polar surface area (TPSA) is 29.5 Å². The maximum Gasteiger partial charge on any atom is 0.226 e. The second-order valence-corrected chi connectivity index (χ2v) is 6.04. The number of carbonyl (C=O) groups excluding carboxylic acids is 1. The van der Waals surface area contributed by atoms with Crippen molar-refractivity contribution < 1.29 is 9.53 Å². The fourth-order valence-corrected chi connectivity index (χ4v) is 3.41. The zero-order valence-corrected chi connectivity index (χ0v) is 14.0. The lowest BCUT2D eigenvalue weighted by atomic mass is 9.95. The third-order valence-electron chi connectivity index (χ3n) is 3.98.